The molecule has 7 heteroatoms. The Bertz CT molecular complexity index is 1540. The number of ether oxygens (including phenoxy) is 2. The topological polar surface area (TPSA) is 51.1 Å². The summed E-state index contributed by atoms with van der Waals surface area (Å²) in [6, 6.07) is 27.5. The summed E-state index contributed by atoms with van der Waals surface area (Å²) in [6.07, 6.45) is 2.72. The summed E-state index contributed by atoms with van der Waals surface area (Å²) in [5, 5.41) is 3.66. The average molecular weight is 557 g/mol. The van der Waals surface area contributed by atoms with Crippen LogP contribution < -0.4 is 9.47 Å². The Labute approximate surface area is 238 Å². The average Bonchev–Trinajstić information content (AvgIpc) is 3.23. The van der Waals surface area contributed by atoms with E-state index < -0.39 is 0 Å². The summed E-state index contributed by atoms with van der Waals surface area (Å²) in [6.45, 7) is 5.51. The molecule has 1 fully saturated rings. The van der Waals surface area contributed by atoms with E-state index in [2.05, 4.69) is 24.3 Å². The molecule has 5 nitrogen and oxygen atoms in total. The number of fused-ring (bicyclic) bond motifs is 1. The van der Waals surface area contributed by atoms with Gasteiger partial charge >= 0.3 is 0 Å². The van der Waals surface area contributed by atoms with Crippen molar-refractivity contribution in [2.75, 3.05) is 13.2 Å². The lowest BCUT2D eigenvalue weighted by atomic mass is 10.1. The Kier molecular flexibility index (Phi) is 8.54. The fourth-order valence-electron chi connectivity index (χ4n) is 4.37. The highest BCUT2D eigenvalue weighted by Crippen LogP contribution is 2.36. The van der Waals surface area contributed by atoms with Gasteiger partial charge in [0, 0.05) is 11.6 Å². The fourth-order valence-corrected chi connectivity index (χ4v) is 5.52. The molecule has 4 aromatic carbocycles. The number of halogens is 1. The molecule has 0 aliphatic carbocycles. The van der Waals surface area contributed by atoms with Crippen molar-refractivity contribution in [1.29, 1.82) is 0 Å². The standard InChI is InChI=1S/C32H29ClN2O3S/c1-3-18-35-31(36)30(39-32(35)34-26-15-13-25(33)14-16-26)20-22-12-17-28(29(19-22)37-4-2)38-21-24-10-7-9-23-8-5-6-11-27(23)24/h5-17,19-20H,3-4,18,21H2,1-2H3/b30-20-,34-32?. The first-order valence-electron chi connectivity index (χ1n) is 13.0. The van der Waals surface area contributed by atoms with Crippen molar-refractivity contribution in [3.8, 4) is 11.5 Å². The van der Waals surface area contributed by atoms with Crippen LogP contribution in [0.2, 0.25) is 5.02 Å². The number of amidine groups is 1. The molecule has 198 valence electrons. The van der Waals surface area contributed by atoms with Gasteiger partial charge in [-0.05, 0) is 89.5 Å². The van der Waals surface area contributed by atoms with Crippen LogP contribution in [0.25, 0.3) is 16.8 Å². The minimum Gasteiger partial charge on any atom is -0.490 e. The number of carbonyl (C=O) groups excluding carboxylic acids is 1. The molecule has 0 aromatic heterocycles. The van der Waals surface area contributed by atoms with E-state index in [1.54, 1.807) is 17.0 Å². The Morgan fingerprint density at radius 2 is 1.72 bits per heavy atom. The highest BCUT2D eigenvalue weighted by molar-refractivity contribution is 8.18. The van der Waals surface area contributed by atoms with Crippen LogP contribution in [-0.2, 0) is 11.4 Å². The Hall–Kier alpha value is -3.74. The summed E-state index contributed by atoms with van der Waals surface area (Å²) >= 11 is 7.39. The van der Waals surface area contributed by atoms with Gasteiger partial charge in [-0.2, -0.15) is 0 Å². The number of amides is 1. The van der Waals surface area contributed by atoms with Crippen molar-refractivity contribution in [3.63, 3.8) is 0 Å². The first-order valence-corrected chi connectivity index (χ1v) is 14.2. The van der Waals surface area contributed by atoms with Crippen molar-refractivity contribution < 1.29 is 14.3 Å². The highest BCUT2D eigenvalue weighted by Gasteiger charge is 2.32. The van der Waals surface area contributed by atoms with Crippen LogP contribution >= 0.6 is 23.4 Å². The van der Waals surface area contributed by atoms with Gasteiger partial charge in [0.2, 0.25) is 0 Å². The second kappa shape index (κ2) is 12.4. The number of nitrogens with zero attached hydrogens (tertiary/aromatic N) is 2. The third kappa shape index (κ3) is 6.29. The molecule has 0 radical (unpaired) electrons. The third-order valence-corrected chi connectivity index (χ3v) is 7.47. The molecule has 5 rings (SSSR count). The highest BCUT2D eigenvalue weighted by atomic mass is 35.5. The van der Waals surface area contributed by atoms with Gasteiger partial charge in [0.05, 0.1) is 17.2 Å². The maximum atomic E-state index is 13.3. The van der Waals surface area contributed by atoms with Crippen LogP contribution in [-0.4, -0.2) is 29.1 Å². The van der Waals surface area contributed by atoms with E-state index in [1.165, 1.54) is 22.5 Å². The predicted molar refractivity (Wildman–Crippen MR) is 162 cm³/mol. The van der Waals surface area contributed by atoms with Gasteiger partial charge in [0.25, 0.3) is 5.91 Å². The molecule has 0 saturated carbocycles. The SMILES string of the molecule is CCCN1C(=O)/C(=C/c2ccc(OCc3cccc4ccccc34)c(OCC)c2)SC1=Nc1ccc(Cl)cc1. The molecule has 39 heavy (non-hydrogen) atoms. The molecule has 0 atom stereocenters. The summed E-state index contributed by atoms with van der Waals surface area (Å²) in [7, 11) is 0. The number of benzene rings is 4. The third-order valence-electron chi connectivity index (χ3n) is 6.22. The number of hydrogen-bond donors (Lipinski definition) is 0. The molecule has 1 amide bonds. The van der Waals surface area contributed by atoms with Crippen molar-refractivity contribution in [3.05, 3.63) is 106 Å². The van der Waals surface area contributed by atoms with E-state index in [0.29, 0.717) is 46.4 Å². The molecule has 0 N–H and O–H groups in total. The molecular formula is C32H29ClN2O3S. The van der Waals surface area contributed by atoms with E-state index in [9.17, 15) is 4.79 Å². The number of thioether (sulfide) groups is 1. The zero-order chi connectivity index (χ0) is 27.2. The van der Waals surface area contributed by atoms with Gasteiger partial charge in [0.1, 0.15) is 6.61 Å². The zero-order valence-electron chi connectivity index (χ0n) is 21.9. The van der Waals surface area contributed by atoms with E-state index in [4.69, 9.17) is 26.1 Å². The maximum absolute atomic E-state index is 13.3. The molecule has 1 aliphatic rings. The zero-order valence-corrected chi connectivity index (χ0v) is 23.5. The Morgan fingerprint density at radius 1 is 0.923 bits per heavy atom. The molecule has 1 aliphatic heterocycles. The van der Waals surface area contributed by atoms with Gasteiger partial charge < -0.3 is 9.47 Å². The summed E-state index contributed by atoms with van der Waals surface area (Å²) in [4.78, 5) is 20.3. The molecule has 0 unspecified atom stereocenters. The maximum Gasteiger partial charge on any atom is 0.266 e. The van der Waals surface area contributed by atoms with Crippen molar-refractivity contribution in [1.82, 2.24) is 4.90 Å². The largest absolute Gasteiger partial charge is 0.490 e. The van der Waals surface area contributed by atoms with Gasteiger partial charge in [-0.25, -0.2) is 4.99 Å². The van der Waals surface area contributed by atoms with E-state index >= 15 is 0 Å². The van der Waals surface area contributed by atoms with Crippen LogP contribution in [0.4, 0.5) is 5.69 Å². The van der Waals surface area contributed by atoms with Gasteiger partial charge in [-0.15, -0.1) is 0 Å². The van der Waals surface area contributed by atoms with Crippen LogP contribution in [0.5, 0.6) is 11.5 Å². The lowest BCUT2D eigenvalue weighted by molar-refractivity contribution is -0.122. The van der Waals surface area contributed by atoms with E-state index in [0.717, 1.165) is 23.2 Å². The fraction of sp³-hybridized carbons (Fsp3) is 0.188. The first kappa shape index (κ1) is 26.9. The molecule has 4 aromatic rings. The minimum absolute atomic E-state index is 0.0520. The molecular weight excluding hydrogens is 528 g/mol. The van der Waals surface area contributed by atoms with Gasteiger partial charge in [-0.1, -0.05) is 67.1 Å². The minimum atomic E-state index is -0.0520. The van der Waals surface area contributed by atoms with E-state index in [-0.39, 0.29) is 5.91 Å². The Morgan fingerprint density at radius 3 is 2.51 bits per heavy atom. The van der Waals surface area contributed by atoms with Gasteiger partial charge in [0.15, 0.2) is 16.7 Å². The summed E-state index contributed by atoms with van der Waals surface area (Å²) < 4.78 is 12.1. The number of hydrogen-bond acceptors (Lipinski definition) is 5. The van der Waals surface area contributed by atoms with Crippen LogP contribution in [0.3, 0.4) is 0 Å². The normalized spacial score (nSPS) is 15.5. The number of carbonyl (C=O) groups is 1. The molecule has 1 heterocycles. The number of rotatable bonds is 9. The number of aliphatic imine (C=N–C) groups is 1. The summed E-state index contributed by atoms with van der Waals surface area (Å²) in [5.74, 6) is 1.25. The smallest absolute Gasteiger partial charge is 0.266 e. The summed E-state index contributed by atoms with van der Waals surface area (Å²) in [5.41, 5.74) is 2.72. The monoisotopic (exact) mass is 556 g/mol. The lowest BCUT2D eigenvalue weighted by Crippen LogP contribution is -2.29. The van der Waals surface area contributed by atoms with Crippen molar-refractivity contribution >= 4 is 57.0 Å². The van der Waals surface area contributed by atoms with Crippen LogP contribution in [0.15, 0.2) is 94.8 Å². The molecule has 0 bridgehead atoms. The molecule has 0 spiro atoms. The lowest BCUT2D eigenvalue weighted by Gasteiger charge is -2.14. The first-order chi connectivity index (χ1) is 19.1. The van der Waals surface area contributed by atoms with Crippen molar-refractivity contribution in [2.45, 2.75) is 26.9 Å². The second-order valence-electron chi connectivity index (χ2n) is 9.00. The van der Waals surface area contributed by atoms with Gasteiger partial charge in [-0.3, -0.25) is 9.69 Å². The second-order valence-corrected chi connectivity index (χ2v) is 10.4. The van der Waals surface area contributed by atoms with Crippen LogP contribution in [0, 0.1) is 0 Å². The quantitative estimate of drug-likeness (QED) is 0.194. The van der Waals surface area contributed by atoms with Crippen LogP contribution in [0.1, 0.15) is 31.4 Å². The molecule has 1 saturated heterocycles. The Balaban J connectivity index is 1.39. The van der Waals surface area contributed by atoms with Crippen molar-refractivity contribution in [2.24, 2.45) is 4.99 Å². The van der Waals surface area contributed by atoms with E-state index in [1.807, 2.05) is 68.5 Å². The predicted octanol–water partition coefficient (Wildman–Crippen LogP) is 8.48.